The van der Waals surface area contributed by atoms with Gasteiger partial charge in [0.15, 0.2) is 0 Å². The van der Waals surface area contributed by atoms with Crippen molar-refractivity contribution in [2.45, 2.75) is 5.25 Å². The standard InChI is InChI=1S/C17H14OS/c18-16-9-7-13(8-10-16)17(19)15-6-5-12-3-1-2-4-14(12)11-15/h1-11,17-19H. The van der Waals surface area contributed by atoms with E-state index in [1.807, 2.05) is 24.3 Å². The topological polar surface area (TPSA) is 20.2 Å². The predicted octanol–water partition coefficient (Wildman–Crippen LogP) is 4.56. The molecule has 3 aromatic carbocycles. The van der Waals surface area contributed by atoms with E-state index in [-0.39, 0.29) is 11.0 Å². The van der Waals surface area contributed by atoms with Crippen LogP contribution in [0.15, 0.2) is 66.7 Å². The highest BCUT2D eigenvalue weighted by Crippen LogP contribution is 2.31. The van der Waals surface area contributed by atoms with E-state index in [2.05, 4.69) is 43.0 Å². The Morgan fingerprint density at radius 3 is 2.11 bits per heavy atom. The van der Waals surface area contributed by atoms with Crippen LogP contribution in [0.5, 0.6) is 5.75 Å². The van der Waals surface area contributed by atoms with E-state index >= 15 is 0 Å². The Labute approximate surface area is 117 Å². The van der Waals surface area contributed by atoms with Crippen molar-refractivity contribution in [1.29, 1.82) is 0 Å². The summed E-state index contributed by atoms with van der Waals surface area (Å²) in [5.74, 6) is 0.280. The van der Waals surface area contributed by atoms with Crippen molar-refractivity contribution in [3.8, 4) is 5.75 Å². The van der Waals surface area contributed by atoms with E-state index in [0.717, 1.165) is 11.1 Å². The highest BCUT2D eigenvalue weighted by molar-refractivity contribution is 7.80. The molecule has 0 aliphatic carbocycles. The maximum absolute atomic E-state index is 9.33. The molecule has 0 aliphatic heterocycles. The smallest absolute Gasteiger partial charge is 0.115 e. The average Bonchev–Trinajstić information content (AvgIpc) is 2.47. The molecule has 0 bridgehead atoms. The van der Waals surface area contributed by atoms with Gasteiger partial charge in [-0.15, -0.1) is 0 Å². The SMILES string of the molecule is Oc1ccc(C(S)c2ccc3ccccc3c2)cc1. The average molecular weight is 266 g/mol. The van der Waals surface area contributed by atoms with Crippen LogP contribution in [0.1, 0.15) is 16.4 Å². The van der Waals surface area contributed by atoms with Crippen LogP contribution in [0, 0.1) is 0 Å². The lowest BCUT2D eigenvalue weighted by molar-refractivity contribution is 0.475. The first kappa shape index (κ1) is 12.1. The zero-order valence-electron chi connectivity index (χ0n) is 10.3. The lowest BCUT2D eigenvalue weighted by Gasteiger charge is -2.12. The summed E-state index contributed by atoms with van der Waals surface area (Å²) < 4.78 is 0. The van der Waals surface area contributed by atoms with Crippen molar-refractivity contribution in [2.75, 3.05) is 0 Å². The van der Waals surface area contributed by atoms with Gasteiger partial charge in [0.1, 0.15) is 5.75 Å². The van der Waals surface area contributed by atoms with Gasteiger partial charge in [0.25, 0.3) is 0 Å². The summed E-state index contributed by atoms with van der Waals surface area (Å²) in [6.07, 6.45) is 0. The molecule has 0 amide bonds. The molecular weight excluding hydrogens is 252 g/mol. The fourth-order valence-corrected chi connectivity index (χ4v) is 2.56. The van der Waals surface area contributed by atoms with Crippen molar-refractivity contribution in [2.24, 2.45) is 0 Å². The van der Waals surface area contributed by atoms with Gasteiger partial charge in [-0.2, -0.15) is 12.6 Å². The van der Waals surface area contributed by atoms with Crippen LogP contribution in [-0.4, -0.2) is 5.11 Å². The molecule has 0 radical (unpaired) electrons. The molecule has 0 fully saturated rings. The van der Waals surface area contributed by atoms with Crippen LogP contribution in [0.2, 0.25) is 0 Å². The van der Waals surface area contributed by atoms with Gasteiger partial charge < -0.3 is 5.11 Å². The fourth-order valence-electron chi connectivity index (χ4n) is 2.23. The Kier molecular flexibility index (Phi) is 3.18. The van der Waals surface area contributed by atoms with Crippen LogP contribution in [0.25, 0.3) is 10.8 Å². The number of rotatable bonds is 2. The number of hydrogen-bond donors (Lipinski definition) is 2. The quantitative estimate of drug-likeness (QED) is 0.651. The van der Waals surface area contributed by atoms with Crippen molar-refractivity contribution >= 4 is 23.4 Å². The number of aromatic hydroxyl groups is 1. The Hall–Kier alpha value is -1.93. The summed E-state index contributed by atoms with van der Waals surface area (Å²) in [7, 11) is 0. The number of phenols is 1. The number of hydrogen-bond acceptors (Lipinski definition) is 2. The number of benzene rings is 3. The van der Waals surface area contributed by atoms with Gasteiger partial charge >= 0.3 is 0 Å². The normalized spacial score (nSPS) is 12.5. The molecule has 1 unspecified atom stereocenters. The number of phenolic OH excluding ortho intramolecular Hbond substituents is 1. The first-order valence-corrected chi connectivity index (χ1v) is 6.71. The lowest BCUT2D eigenvalue weighted by Crippen LogP contribution is -1.93. The Morgan fingerprint density at radius 1 is 0.737 bits per heavy atom. The van der Waals surface area contributed by atoms with E-state index in [4.69, 9.17) is 0 Å². The fraction of sp³-hybridized carbons (Fsp3) is 0.0588. The minimum Gasteiger partial charge on any atom is -0.508 e. The minimum absolute atomic E-state index is 0.0187. The Balaban J connectivity index is 2.01. The van der Waals surface area contributed by atoms with E-state index in [9.17, 15) is 5.11 Å². The molecule has 19 heavy (non-hydrogen) atoms. The molecule has 3 rings (SSSR count). The predicted molar refractivity (Wildman–Crippen MR) is 82.9 cm³/mol. The van der Waals surface area contributed by atoms with Gasteiger partial charge in [0, 0.05) is 0 Å². The van der Waals surface area contributed by atoms with Gasteiger partial charge in [-0.1, -0.05) is 48.5 Å². The van der Waals surface area contributed by atoms with Crippen molar-refractivity contribution in [3.63, 3.8) is 0 Å². The van der Waals surface area contributed by atoms with Crippen LogP contribution in [0.3, 0.4) is 0 Å². The van der Waals surface area contributed by atoms with E-state index in [1.165, 1.54) is 10.8 Å². The van der Waals surface area contributed by atoms with Crippen LogP contribution < -0.4 is 0 Å². The summed E-state index contributed by atoms with van der Waals surface area (Å²) in [6.45, 7) is 0. The summed E-state index contributed by atoms with van der Waals surface area (Å²) in [5.41, 5.74) is 2.24. The highest BCUT2D eigenvalue weighted by atomic mass is 32.1. The minimum atomic E-state index is 0.0187. The van der Waals surface area contributed by atoms with Crippen molar-refractivity contribution in [3.05, 3.63) is 77.9 Å². The second-order valence-corrected chi connectivity index (χ2v) is 5.12. The lowest BCUT2D eigenvalue weighted by atomic mass is 10.0. The summed E-state index contributed by atoms with van der Waals surface area (Å²) in [5, 5.41) is 11.8. The maximum atomic E-state index is 9.33. The number of thiol groups is 1. The van der Waals surface area contributed by atoms with Crippen LogP contribution >= 0.6 is 12.6 Å². The first-order valence-electron chi connectivity index (χ1n) is 6.20. The molecule has 0 saturated heterocycles. The van der Waals surface area contributed by atoms with E-state index < -0.39 is 0 Å². The molecule has 0 heterocycles. The monoisotopic (exact) mass is 266 g/mol. The second-order valence-electron chi connectivity index (χ2n) is 4.60. The van der Waals surface area contributed by atoms with E-state index in [1.54, 1.807) is 12.1 Å². The molecule has 3 aromatic rings. The highest BCUT2D eigenvalue weighted by Gasteiger charge is 2.09. The van der Waals surface area contributed by atoms with Gasteiger partial charge in [-0.25, -0.2) is 0 Å². The molecule has 94 valence electrons. The summed E-state index contributed by atoms with van der Waals surface area (Å²) >= 11 is 4.69. The Morgan fingerprint density at radius 2 is 1.37 bits per heavy atom. The Bertz CT molecular complexity index is 704. The van der Waals surface area contributed by atoms with Crippen LogP contribution in [0.4, 0.5) is 0 Å². The second kappa shape index (κ2) is 4.98. The molecule has 0 aromatic heterocycles. The van der Waals surface area contributed by atoms with Gasteiger partial charge in [0.2, 0.25) is 0 Å². The molecular formula is C17H14OS. The maximum Gasteiger partial charge on any atom is 0.115 e. The molecule has 0 spiro atoms. The first-order chi connectivity index (χ1) is 9.24. The van der Waals surface area contributed by atoms with Gasteiger partial charge in [0.05, 0.1) is 5.25 Å². The molecule has 0 saturated carbocycles. The molecule has 1 N–H and O–H groups in total. The molecule has 1 nitrogen and oxygen atoms in total. The molecule has 2 heteroatoms. The number of fused-ring (bicyclic) bond motifs is 1. The summed E-state index contributed by atoms with van der Waals surface area (Å²) in [6, 6.07) is 21.9. The zero-order valence-corrected chi connectivity index (χ0v) is 11.2. The third-order valence-electron chi connectivity index (χ3n) is 3.30. The van der Waals surface area contributed by atoms with Crippen molar-refractivity contribution < 1.29 is 5.11 Å². The molecule has 1 atom stereocenters. The third kappa shape index (κ3) is 2.45. The van der Waals surface area contributed by atoms with Gasteiger partial charge in [-0.05, 0) is 40.1 Å². The van der Waals surface area contributed by atoms with Crippen molar-refractivity contribution in [1.82, 2.24) is 0 Å². The largest absolute Gasteiger partial charge is 0.508 e. The van der Waals surface area contributed by atoms with Gasteiger partial charge in [-0.3, -0.25) is 0 Å². The van der Waals surface area contributed by atoms with E-state index in [0.29, 0.717) is 0 Å². The molecule has 0 aliphatic rings. The van der Waals surface area contributed by atoms with Crippen LogP contribution in [-0.2, 0) is 0 Å². The third-order valence-corrected chi connectivity index (χ3v) is 3.89. The summed E-state index contributed by atoms with van der Waals surface area (Å²) in [4.78, 5) is 0. The zero-order chi connectivity index (χ0) is 13.2.